The van der Waals surface area contributed by atoms with Gasteiger partial charge in [0, 0.05) is 11.1 Å². The summed E-state index contributed by atoms with van der Waals surface area (Å²) in [4.78, 5) is 11.1. The van der Waals surface area contributed by atoms with Crippen LogP contribution in [0.2, 0.25) is 0 Å². The molecule has 106 valence electrons. The minimum Gasteiger partial charge on any atom is -0.496 e. The first-order valence-electron chi connectivity index (χ1n) is 6.21. The van der Waals surface area contributed by atoms with Crippen LogP contribution in [0.15, 0.2) is 28.9 Å². The van der Waals surface area contributed by atoms with Gasteiger partial charge in [0.2, 0.25) is 0 Å². The van der Waals surface area contributed by atoms with E-state index in [0.717, 1.165) is 11.3 Å². The van der Waals surface area contributed by atoms with E-state index in [9.17, 15) is 4.79 Å². The molecule has 1 aromatic carbocycles. The van der Waals surface area contributed by atoms with E-state index in [1.807, 2.05) is 12.1 Å². The normalized spacial score (nSPS) is 11.4. The van der Waals surface area contributed by atoms with E-state index in [2.05, 4.69) is 25.9 Å². The second-order valence-electron chi connectivity index (χ2n) is 5.54. The third-order valence-corrected chi connectivity index (χ3v) is 3.07. The second-order valence-corrected chi connectivity index (χ2v) is 5.54. The van der Waals surface area contributed by atoms with Crippen molar-refractivity contribution in [1.82, 2.24) is 5.16 Å². The van der Waals surface area contributed by atoms with Crippen molar-refractivity contribution in [2.24, 2.45) is 0 Å². The first-order chi connectivity index (χ1) is 9.34. The van der Waals surface area contributed by atoms with Crippen LogP contribution in [0.1, 0.15) is 36.7 Å². The van der Waals surface area contributed by atoms with E-state index < -0.39 is 5.97 Å². The van der Waals surface area contributed by atoms with E-state index in [0.29, 0.717) is 5.56 Å². The highest BCUT2D eigenvalue weighted by atomic mass is 16.5. The number of nitrogens with zero attached hydrogens (tertiary/aromatic N) is 1. The van der Waals surface area contributed by atoms with Crippen molar-refractivity contribution < 1.29 is 19.2 Å². The van der Waals surface area contributed by atoms with Gasteiger partial charge >= 0.3 is 5.97 Å². The largest absolute Gasteiger partial charge is 0.496 e. The number of hydrogen-bond acceptors (Lipinski definition) is 4. The van der Waals surface area contributed by atoms with Gasteiger partial charge < -0.3 is 14.4 Å². The van der Waals surface area contributed by atoms with Gasteiger partial charge in [-0.05, 0) is 23.6 Å². The zero-order valence-electron chi connectivity index (χ0n) is 11.9. The quantitative estimate of drug-likeness (QED) is 0.930. The van der Waals surface area contributed by atoms with Gasteiger partial charge in [-0.25, -0.2) is 4.79 Å². The van der Waals surface area contributed by atoms with E-state index in [1.54, 1.807) is 13.2 Å². The number of aromatic carboxylic acids is 1. The number of benzene rings is 1. The Morgan fingerprint density at radius 3 is 2.60 bits per heavy atom. The summed E-state index contributed by atoms with van der Waals surface area (Å²) in [6.07, 6.45) is 1.21. The van der Waals surface area contributed by atoms with Crippen molar-refractivity contribution in [2.45, 2.75) is 26.2 Å². The first kappa shape index (κ1) is 14.1. The lowest BCUT2D eigenvalue weighted by Gasteiger charge is -2.22. The lowest BCUT2D eigenvalue weighted by atomic mass is 9.85. The average molecular weight is 275 g/mol. The van der Waals surface area contributed by atoms with E-state index in [-0.39, 0.29) is 16.7 Å². The van der Waals surface area contributed by atoms with Crippen LogP contribution in [-0.2, 0) is 5.41 Å². The summed E-state index contributed by atoms with van der Waals surface area (Å²) in [6.45, 7) is 6.19. The number of carboxylic acids is 1. The molecule has 0 atom stereocenters. The fraction of sp³-hybridized carbons (Fsp3) is 0.333. The number of hydrogen-bond donors (Lipinski definition) is 1. The third-order valence-electron chi connectivity index (χ3n) is 3.07. The van der Waals surface area contributed by atoms with Crippen molar-refractivity contribution in [3.63, 3.8) is 0 Å². The van der Waals surface area contributed by atoms with Crippen LogP contribution in [-0.4, -0.2) is 23.3 Å². The summed E-state index contributed by atoms with van der Waals surface area (Å²) >= 11 is 0. The topological polar surface area (TPSA) is 72.6 Å². The van der Waals surface area contributed by atoms with Crippen molar-refractivity contribution >= 4 is 5.97 Å². The molecule has 0 amide bonds. The van der Waals surface area contributed by atoms with Crippen molar-refractivity contribution in [3.8, 4) is 17.1 Å². The number of carbonyl (C=O) groups is 1. The Hall–Kier alpha value is -2.30. The number of ether oxygens (including phenoxy) is 1. The second kappa shape index (κ2) is 5.00. The Balaban J connectivity index is 2.59. The predicted molar refractivity (Wildman–Crippen MR) is 74.2 cm³/mol. The van der Waals surface area contributed by atoms with Crippen LogP contribution in [0.4, 0.5) is 0 Å². The molecule has 0 bridgehead atoms. The van der Waals surface area contributed by atoms with Crippen LogP contribution >= 0.6 is 0 Å². The maximum Gasteiger partial charge on any atom is 0.341 e. The summed E-state index contributed by atoms with van der Waals surface area (Å²) in [7, 11) is 1.61. The first-order valence-corrected chi connectivity index (χ1v) is 6.21. The minimum atomic E-state index is -1.06. The molecule has 2 rings (SSSR count). The van der Waals surface area contributed by atoms with Crippen LogP contribution in [0.5, 0.6) is 5.75 Å². The van der Waals surface area contributed by atoms with Crippen LogP contribution < -0.4 is 4.74 Å². The molecule has 1 N–H and O–H groups in total. The number of rotatable bonds is 3. The van der Waals surface area contributed by atoms with Gasteiger partial charge in [0.05, 0.1) is 13.3 Å². The summed E-state index contributed by atoms with van der Waals surface area (Å²) < 4.78 is 10.4. The molecule has 0 radical (unpaired) electrons. The molecule has 0 unspecified atom stereocenters. The smallest absolute Gasteiger partial charge is 0.341 e. The molecule has 2 aromatic rings. The standard InChI is InChI=1S/C15H17NO4/c1-15(2,3)11-7-9(5-6-12(11)19-4)13-10(14(17)18)8-16-20-13/h5-8H,1-4H3,(H,17,18). The van der Waals surface area contributed by atoms with Crippen molar-refractivity contribution in [3.05, 3.63) is 35.5 Å². The van der Waals surface area contributed by atoms with Gasteiger partial charge in [-0.1, -0.05) is 25.9 Å². The molecule has 0 saturated carbocycles. The van der Waals surface area contributed by atoms with Crippen LogP contribution in [0.3, 0.4) is 0 Å². The van der Waals surface area contributed by atoms with Crippen molar-refractivity contribution in [1.29, 1.82) is 0 Å². The molecule has 1 aromatic heterocycles. The van der Waals surface area contributed by atoms with E-state index >= 15 is 0 Å². The van der Waals surface area contributed by atoms with Gasteiger partial charge in [-0.15, -0.1) is 0 Å². The molecule has 0 spiro atoms. The Kier molecular flexibility index (Phi) is 3.53. The molecule has 5 nitrogen and oxygen atoms in total. The fourth-order valence-electron chi connectivity index (χ4n) is 2.04. The highest BCUT2D eigenvalue weighted by Crippen LogP contribution is 2.35. The molecular weight excluding hydrogens is 258 g/mol. The van der Waals surface area contributed by atoms with Gasteiger partial charge in [0.25, 0.3) is 0 Å². The minimum absolute atomic E-state index is 0.0510. The Bertz CT molecular complexity index is 638. The summed E-state index contributed by atoms with van der Waals surface area (Å²) in [5, 5.41) is 12.7. The number of carboxylic acid groups (broad SMARTS) is 1. The van der Waals surface area contributed by atoms with Crippen molar-refractivity contribution in [2.75, 3.05) is 7.11 Å². The zero-order chi connectivity index (χ0) is 14.9. The monoisotopic (exact) mass is 275 g/mol. The number of methoxy groups -OCH3 is 1. The number of aromatic nitrogens is 1. The van der Waals surface area contributed by atoms with Gasteiger partial charge in [0.1, 0.15) is 11.3 Å². The summed E-state index contributed by atoms with van der Waals surface area (Å²) in [6, 6.07) is 5.46. The molecule has 1 heterocycles. The molecular formula is C15H17NO4. The Morgan fingerprint density at radius 1 is 1.35 bits per heavy atom. The zero-order valence-corrected chi connectivity index (χ0v) is 11.9. The lowest BCUT2D eigenvalue weighted by molar-refractivity contribution is 0.0697. The molecule has 0 saturated heterocycles. The van der Waals surface area contributed by atoms with Gasteiger partial charge in [-0.2, -0.15) is 0 Å². The van der Waals surface area contributed by atoms with Crippen LogP contribution in [0.25, 0.3) is 11.3 Å². The highest BCUT2D eigenvalue weighted by Gasteiger charge is 2.22. The maximum atomic E-state index is 11.1. The highest BCUT2D eigenvalue weighted by molar-refractivity contribution is 5.94. The Labute approximate surface area is 117 Å². The fourth-order valence-corrected chi connectivity index (χ4v) is 2.04. The average Bonchev–Trinajstić information content (AvgIpc) is 2.86. The predicted octanol–water partition coefficient (Wildman–Crippen LogP) is 3.35. The van der Waals surface area contributed by atoms with Crippen LogP contribution in [0, 0.1) is 0 Å². The van der Waals surface area contributed by atoms with Gasteiger partial charge in [0.15, 0.2) is 5.76 Å². The molecule has 20 heavy (non-hydrogen) atoms. The SMILES string of the molecule is COc1ccc(-c2oncc2C(=O)O)cc1C(C)(C)C. The molecule has 0 aliphatic rings. The maximum absolute atomic E-state index is 11.1. The molecule has 0 fully saturated rings. The summed E-state index contributed by atoms with van der Waals surface area (Å²) in [5.41, 5.74) is 1.57. The molecule has 0 aliphatic carbocycles. The molecule has 5 heteroatoms. The summed E-state index contributed by atoms with van der Waals surface area (Å²) in [5.74, 6) is -0.0438. The van der Waals surface area contributed by atoms with E-state index in [4.69, 9.17) is 14.4 Å². The lowest BCUT2D eigenvalue weighted by Crippen LogP contribution is -2.13. The Morgan fingerprint density at radius 2 is 2.05 bits per heavy atom. The van der Waals surface area contributed by atoms with Gasteiger partial charge in [-0.3, -0.25) is 0 Å². The van der Waals surface area contributed by atoms with E-state index in [1.165, 1.54) is 6.20 Å². The third kappa shape index (κ3) is 2.52. The molecule has 0 aliphatic heterocycles.